The Morgan fingerprint density at radius 1 is 0.944 bits per heavy atom. The van der Waals surface area contributed by atoms with Crippen molar-refractivity contribution in [3.8, 4) is 45.8 Å². The molecule has 8 N–H and O–H groups in total. The minimum atomic E-state index is -4.41. The lowest BCUT2D eigenvalue weighted by atomic mass is 9.86. The third-order valence-electron chi connectivity index (χ3n) is 12.2. The van der Waals surface area contributed by atoms with Crippen LogP contribution in [-0.4, -0.2) is 105 Å². The Kier molecular flexibility index (Phi) is 18.7. The lowest BCUT2D eigenvalue weighted by Gasteiger charge is -2.32. The van der Waals surface area contributed by atoms with Gasteiger partial charge in [0.15, 0.2) is 34.7 Å². The number of rotatable bonds is 19. The molecule has 71 heavy (non-hydrogen) atoms. The Labute approximate surface area is 415 Å². The van der Waals surface area contributed by atoms with E-state index in [1.54, 1.807) is 38.1 Å². The first-order valence-electron chi connectivity index (χ1n) is 23.3. The number of nitrogens with zero attached hydrogens (tertiary/aromatic N) is 4. The summed E-state index contributed by atoms with van der Waals surface area (Å²) in [5.41, 5.74) is 15.8. The van der Waals surface area contributed by atoms with Crippen LogP contribution >= 0.6 is 0 Å². The van der Waals surface area contributed by atoms with Crippen LogP contribution in [0, 0.1) is 37.0 Å². The highest BCUT2D eigenvalue weighted by molar-refractivity contribution is 7.87. The number of ketones is 3. The standard InChI is InChI=1S/C51H65N9O10S/c1-29-22-42(63)46(60(7)50(65)35(28-56-71(55,66)67)26-41(62)45-30(2)57-48(58-31(45)3)33-12-14-36(15-13-33)51(4,5)6)34-25-38(47(68-8)44(27-34)70-21-19-54)37-23-32(11-16-43(37)69-20-18-53)24-39(59-49(29)64)40(61)10-9-17-52/h11-16,23,25,27,29,35,39,46,56H,9-10,18-22,24,26,28,53-54H2,1-8H3,(H,59,64)(H2,55,66,67)/t29-,35+,39+,46+/m1/s1. The maximum atomic E-state index is 15.1. The largest absolute Gasteiger partial charge is 0.492 e. The molecule has 2 amide bonds. The number of Topliss-reactive ketones (excluding diaryl/α,β-unsaturated/α-hetero) is 3. The molecule has 0 unspecified atom stereocenters. The molecule has 1 aliphatic rings. The van der Waals surface area contributed by atoms with Gasteiger partial charge < -0.3 is 35.9 Å². The summed E-state index contributed by atoms with van der Waals surface area (Å²) in [6.45, 7) is 10.8. The van der Waals surface area contributed by atoms with Crippen LogP contribution in [0.1, 0.15) is 97.9 Å². The van der Waals surface area contributed by atoms with Crippen LogP contribution in [0.4, 0.5) is 0 Å². The highest BCUT2D eigenvalue weighted by atomic mass is 32.2. The van der Waals surface area contributed by atoms with Crippen LogP contribution in [0.15, 0.2) is 54.6 Å². The number of fused-ring (bicyclic) bond motifs is 5. The van der Waals surface area contributed by atoms with Gasteiger partial charge in [-0.1, -0.05) is 58.0 Å². The fraction of sp³-hybridized carbons (Fsp3) is 0.451. The Balaban J connectivity index is 1.66. The van der Waals surface area contributed by atoms with Crippen molar-refractivity contribution in [2.45, 2.75) is 91.1 Å². The Hall–Kier alpha value is -6.63. The van der Waals surface area contributed by atoms with Crippen molar-refractivity contribution in [3.63, 3.8) is 0 Å². The van der Waals surface area contributed by atoms with Gasteiger partial charge in [-0.05, 0) is 66.6 Å². The third-order valence-corrected chi connectivity index (χ3v) is 12.7. The fourth-order valence-electron chi connectivity index (χ4n) is 8.53. The van der Waals surface area contributed by atoms with Gasteiger partial charge in [-0.2, -0.15) is 13.7 Å². The smallest absolute Gasteiger partial charge is 0.274 e. The lowest BCUT2D eigenvalue weighted by Crippen LogP contribution is -2.46. The zero-order chi connectivity index (χ0) is 52.4. The van der Waals surface area contributed by atoms with E-state index in [4.69, 9.17) is 30.8 Å². The van der Waals surface area contributed by atoms with Gasteiger partial charge in [0.1, 0.15) is 25.0 Å². The molecule has 0 saturated heterocycles. The van der Waals surface area contributed by atoms with Crippen molar-refractivity contribution in [3.05, 3.63) is 88.2 Å². The molecule has 4 aromatic rings. The molecule has 0 saturated carbocycles. The number of likely N-dealkylation sites (N-methyl/N-ethyl adjacent to an activating group) is 1. The maximum absolute atomic E-state index is 15.1. The molecule has 1 aromatic heterocycles. The van der Waals surface area contributed by atoms with Crippen LogP contribution in [-0.2, 0) is 41.2 Å². The Bertz CT molecular complexity index is 2770. The van der Waals surface area contributed by atoms with Crippen LogP contribution in [0.25, 0.3) is 22.5 Å². The third kappa shape index (κ3) is 14.0. The second-order valence-electron chi connectivity index (χ2n) is 18.7. The lowest BCUT2D eigenvalue weighted by molar-refractivity contribution is -0.142. The number of nitrogens with one attached hydrogen (secondary N) is 2. The van der Waals surface area contributed by atoms with Gasteiger partial charge in [0.05, 0.1) is 42.1 Å². The van der Waals surface area contributed by atoms with Crippen molar-refractivity contribution >= 4 is 39.4 Å². The van der Waals surface area contributed by atoms with E-state index in [1.165, 1.54) is 27.1 Å². The number of aryl methyl sites for hydroxylation is 2. The molecular formula is C51H65N9O10S. The summed E-state index contributed by atoms with van der Waals surface area (Å²) < 4.78 is 45.1. The van der Waals surface area contributed by atoms with E-state index in [-0.39, 0.29) is 73.6 Å². The molecule has 3 aromatic carbocycles. The summed E-state index contributed by atoms with van der Waals surface area (Å²) in [4.78, 5) is 82.4. The zero-order valence-corrected chi connectivity index (χ0v) is 42.4. The van der Waals surface area contributed by atoms with Gasteiger partial charge in [0.2, 0.25) is 11.8 Å². The predicted molar refractivity (Wildman–Crippen MR) is 267 cm³/mol. The zero-order valence-electron chi connectivity index (χ0n) is 41.6. The van der Waals surface area contributed by atoms with Crippen LogP contribution in [0.2, 0.25) is 0 Å². The number of nitriles is 1. The van der Waals surface area contributed by atoms with Gasteiger partial charge in [-0.15, -0.1) is 0 Å². The molecule has 4 atom stereocenters. The number of benzene rings is 3. The minimum absolute atomic E-state index is 0.00330. The highest BCUT2D eigenvalue weighted by Gasteiger charge is 2.38. The number of carbonyl (C=O) groups is 5. The number of methoxy groups -OCH3 is 1. The summed E-state index contributed by atoms with van der Waals surface area (Å²) in [7, 11) is -1.66. The summed E-state index contributed by atoms with van der Waals surface area (Å²) in [5.74, 6) is -4.54. The molecule has 0 spiro atoms. The van der Waals surface area contributed by atoms with Gasteiger partial charge in [0.25, 0.3) is 10.2 Å². The number of amides is 2. The quantitative estimate of drug-likeness (QED) is 0.0827. The van der Waals surface area contributed by atoms with Crippen LogP contribution in [0.3, 0.4) is 0 Å². The normalized spacial score (nSPS) is 16.7. The first-order valence-corrected chi connectivity index (χ1v) is 24.8. The SMILES string of the molecule is COc1c(OCCN)cc2cc1-c1cc(ccc1OCCN)C[C@@H](C(=O)CCC#N)NC(=O)[C@H](C)CC(=O)[C@H]2N(C)C(=O)[C@H](CNS(N)(=O)=O)CC(=O)c1c(C)nc(-c2ccc(C(C)(C)C)cc2)nc1C. The van der Waals surface area contributed by atoms with E-state index in [1.807, 2.05) is 30.3 Å². The average molecular weight is 996 g/mol. The average Bonchev–Trinajstić information content (AvgIpc) is 3.31. The van der Waals surface area contributed by atoms with E-state index in [0.717, 1.165) is 16.0 Å². The molecule has 2 heterocycles. The van der Waals surface area contributed by atoms with Crippen molar-refractivity contribution in [2.75, 3.05) is 47.0 Å². The van der Waals surface area contributed by atoms with Gasteiger partial charge in [-0.3, -0.25) is 24.0 Å². The number of ether oxygens (including phenoxy) is 3. The summed E-state index contributed by atoms with van der Waals surface area (Å²) in [6, 6.07) is 15.4. The number of carbonyl (C=O) groups excluding carboxylic acids is 5. The van der Waals surface area contributed by atoms with Crippen molar-refractivity contribution in [1.29, 1.82) is 5.26 Å². The van der Waals surface area contributed by atoms with Gasteiger partial charge >= 0.3 is 0 Å². The molecule has 0 radical (unpaired) electrons. The molecule has 0 fully saturated rings. The molecule has 1 aliphatic heterocycles. The molecule has 19 nitrogen and oxygen atoms in total. The first kappa shape index (κ1) is 55.3. The van der Waals surface area contributed by atoms with E-state index in [2.05, 4.69) is 40.8 Å². The second-order valence-corrected chi connectivity index (χ2v) is 20.0. The number of aromatic nitrogens is 2. The molecule has 20 heteroatoms. The number of hydrogen-bond acceptors (Lipinski definition) is 15. The van der Waals surface area contributed by atoms with Crippen molar-refractivity contribution in [2.24, 2.45) is 28.4 Å². The molecule has 4 bridgehead atoms. The molecule has 380 valence electrons. The molecule has 5 rings (SSSR count). The minimum Gasteiger partial charge on any atom is -0.492 e. The Morgan fingerprint density at radius 2 is 1.58 bits per heavy atom. The molecular weight excluding hydrogens is 931 g/mol. The van der Waals surface area contributed by atoms with E-state index < -0.39 is 82.7 Å². The monoisotopic (exact) mass is 995 g/mol. The first-order chi connectivity index (χ1) is 33.5. The van der Waals surface area contributed by atoms with E-state index >= 15 is 4.79 Å². The summed E-state index contributed by atoms with van der Waals surface area (Å²) >= 11 is 0. The number of hydrogen-bond donors (Lipinski definition) is 5. The van der Waals surface area contributed by atoms with Crippen molar-refractivity contribution < 1.29 is 46.6 Å². The number of nitrogens with two attached hydrogens (primary N) is 3. The van der Waals surface area contributed by atoms with E-state index in [9.17, 15) is 32.9 Å². The summed E-state index contributed by atoms with van der Waals surface area (Å²) in [6.07, 6.45) is -1.22. The maximum Gasteiger partial charge on any atom is 0.274 e. The van der Waals surface area contributed by atoms with Crippen LogP contribution in [0.5, 0.6) is 17.2 Å². The van der Waals surface area contributed by atoms with E-state index in [0.29, 0.717) is 39.7 Å². The Morgan fingerprint density at radius 3 is 2.15 bits per heavy atom. The molecule has 0 aliphatic carbocycles. The second kappa shape index (κ2) is 24.0. The fourth-order valence-corrected chi connectivity index (χ4v) is 8.96. The van der Waals surface area contributed by atoms with Gasteiger partial charge in [-0.25, -0.2) is 19.8 Å². The van der Waals surface area contributed by atoms with Gasteiger partial charge in [0, 0.05) is 75.0 Å². The van der Waals surface area contributed by atoms with Crippen molar-refractivity contribution in [1.82, 2.24) is 24.9 Å². The predicted octanol–water partition coefficient (Wildman–Crippen LogP) is 4.10. The summed E-state index contributed by atoms with van der Waals surface area (Å²) in [5, 5.41) is 17.4. The topological polar surface area (TPSA) is 302 Å². The highest BCUT2D eigenvalue weighted by Crippen LogP contribution is 2.46. The van der Waals surface area contributed by atoms with Crippen LogP contribution < -0.4 is 40.9 Å².